The Kier molecular flexibility index (Phi) is 13.6. The number of carbonyl (C=O) groups excluding carboxylic acids is 1. The first-order valence-electron chi connectivity index (χ1n) is 1.75. The van der Waals surface area contributed by atoms with Crippen molar-refractivity contribution < 1.29 is 15.4 Å². The number of carbonyl (C=O) groups is 1. The number of rotatable bonds is 2. The fourth-order valence-electron chi connectivity index (χ4n) is 0.0745. The summed E-state index contributed by atoms with van der Waals surface area (Å²) in [7, 11) is 0. The van der Waals surface area contributed by atoms with Crippen LogP contribution in [0.25, 0.3) is 0 Å². The van der Waals surface area contributed by atoms with Gasteiger partial charge in [0.05, 0.1) is 12.0 Å². The molecule has 1 atom stereocenters. The lowest BCUT2D eigenvalue weighted by molar-refractivity contribution is -0.306. The monoisotopic (exact) mass is 156 g/mol. The molecule has 0 aromatic carbocycles. The zero-order valence-corrected chi connectivity index (χ0v) is 6.02. The predicted molar refractivity (Wildman–Crippen MR) is 36.4 cm³/mol. The second-order valence-corrected chi connectivity index (χ2v) is 1.47. The smallest absolute Gasteiger partial charge is 0.0590 e. The average molecular weight is 156 g/mol. The molecule has 0 rings (SSSR count). The minimum absolute atomic E-state index is 0. The molecule has 0 spiro atoms. The van der Waals surface area contributed by atoms with Gasteiger partial charge in [-0.1, -0.05) is 0 Å². The minimum Gasteiger partial charge on any atom is -0.548 e. The molecule has 0 aliphatic heterocycles. The SMILES string of the molecule is N[C@@H](CS)C(=O)[O-].O.[NH4+]. The first-order chi connectivity index (χ1) is 3.18. The van der Waals surface area contributed by atoms with Crippen molar-refractivity contribution in [3.05, 3.63) is 0 Å². The molecule has 0 aromatic rings. The van der Waals surface area contributed by atoms with Crippen LogP contribution in [0.15, 0.2) is 0 Å². The molecule has 0 bridgehead atoms. The van der Waals surface area contributed by atoms with E-state index in [0.717, 1.165) is 0 Å². The molecule has 5 nitrogen and oxygen atoms in total. The third kappa shape index (κ3) is 7.70. The Bertz CT molecular complexity index is 79.5. The molecule has 0 aromatic heterocycles. The van der Waals surface area contributed by atoms with Gasteiger partial charge in [-0.3, -0.25) is 0 Å². The molecular weight excluding hydrogens is 144 g/mol. The number of hydrogen-bond acceptors (Lipinski definition) is 4. The highest BCUT2D eigenvalue weighted by atomic mass is 32.1. The van der Waals surface area contributed by atoms with E-state index in [9.17, 15) is 9.90 Å². The molecule has 0 unspecified atom stereocenters. The van der Waals surface area contributed by atoms with Gasteiger partial charge in [0.1, 0.15) is 0 Å². The van der Waals surface area contributed by atoms with E-state index in [0.29, 0.717) is 0 Å². The molecule has 0 radical (unpaired) electrons. The van der Waals surface area contributed by atoms with Crippen LogP contribution in [0, 0.1) is 0 Å². The second-order valence-electron chi connectivity index (χ2n) is 1.11. The second kappa shape index (κ2) is 7.70. The molecule has 0 fully saturated rings. The number of carboxylic acids is 1. The van der Waals surface area contributed by atoms with Gasteiger partial charge < -0.3 is 27.3 Å². The molecule has 8 N–H and O–H groups in total. The Morgan fingerprint density at radius 2 is 2.11 bits per heavy atom. The Morgan fingerprint density at radius 3 is 2.11 bits per heavy atom. The number of aliphatic carboxylic acids is 1. The molecule has 0 aliphatic rings. The van der Waals surface area contributed by atoms with Crippen molar-refractivity contribution in [2.45, 2.75) is 6.04 Å². The van der Waals surface area contributed by atoms with Crippen LogP contribution >= 0.6 is 12.6 Å². The van der Waals surface area contributed by atoms with Gasteiger partial charge in [-0.2, -0.15) is 12.6 Å². The zero-order valence-electron chi connectivity index (χ0n) is 5.13. The topological polar surface area (TPSA) is 134 Å². The van der Waals surface area contributed by atoms with Gasteiger partial charge in [0.2, 0.25) is 0 Å². The highest BCUT2D eigenvalue weighted by Crippen LogP contribution is 1.77. The Labute approximate surface area is 58.5 Å². The first-order valence-corrected chi connectivity index (χ1v) is 2.39. The molecule has 0 saturated heterocycles. The fraction of sp³-hybridized carbons (Fsp3) is 0.667. The highest BCUT2D eigenvalue weighted by molar-refractivity contribution is 7.80. The lowest BCUT2D eigenvalue weighted by Crippen LogP contribution is -2.42. The molecule has 9 heavy (non-hydrogen) atoms. The van der Waals surface area contributed by atoms with Gasteiger partial charge in [-0.15, -0.1) is 0 Å². The molecule has 0 heterocycles. The van der Waals surface area contributed by atoms with Crippen molar-refractivity contribution in [1.29, 1.82) is 0 Å². The molecule has 0 saturated carbocycles. The van der Waals surface area contributed by atoms with Crippen molar-refractivity contribution in [3.8, 4) is 0 Å². The zero-order chi connectivity index (χ0) is 5.86. The maximum absolute atomic E-state index is 9.65. The standard InChI is InChI=1S/C3H7NO2S.H3N.H2O/c4-2(1-7)3(5)6;;/h2,7H,1,4H2,(H,5,6);1H3;1H2/t2-;;/m0../s1. The van der Waals surface area contributed by atoms with Crippen LogP contribution in [0.4, 0.5) is 0 Å². The number of quaternary nitrogens is 1. The lowest BCUT2D eigenvalue weighted by atomic mass is 10.4. The summed E-state index contributed by atoms with van der Waals surface area (Å²) in [5.74, 6) is -1.13. The van der Waals surface area contributed by atoms with E-state index < -0.39 is 12.0 Å². The fourth-order valence-corrected chi connectivity index (χ4v) is 0.224. The maximum atomic E-state index is 9.65. The summed E-state index contributed by atoms with van der Waals surface area (Å²) in [4.78, 5) is 9.65. The highest BCUT2D eigenvalue weighted by Gasteiger charge is 1.95. The van der Waals surface area contributed by atoms with Crippen LogP contribution in [0.5, 0.6) is 0 Å². The number of carboxylic acid groups (broad SMARTS) is 1. The third-order valence-electron chi connectivity index (χ3n) is 0.499. The van der Waals surface area contributed by atoms with Gasteiger partial charge in [0.25, 0.3) is 0 Å². The van der Waals surface area contributed by atoms with Crippen molar-refractivity contribution in [1.82, 2.24) is 6.15 Å². The third-order valence-corrected chi connectivity index (χ3v) is 0.893. The quantitative estimate of drug-likeness (QED) is 0.383. The summed E-state index contributed by atoms with van der Waals surface area (Å²) >= 11 is 3.61. The van der Waals surface area contributed by atoms with E-state index in [2.05, 4.69) is 12.6 Å². The van der Waals surface area contributed by atoms with Crippen LogP contribution < -0.4 is 17.0 Å². The van der Waals surface area contributed by atoms with Crippen molar-refractivity contribution in [2.24, 2.45) is 5.73 Å². The van der Waals surface area contributed by atoms with Gasteiger partial charge in [0.15, 0.2) is 0 Å². The van der Waals surface area contributed by atoms with Crippen molar-refractivity contribution in [2.75, 3.05) is 5.75 Å². The van der Waals surface area contributed by atoms with E-state index in [1.165, 1.54) is 0 Å². The van der Waals surface area contributed by atoms with Crippen LogP contribution in [0.3, 0.4) is 0 Å². The Balaban J connectivity index is -0.000000180. The summed E-state index contributed by atoms with van der Waals surface area (Å²) in [5.41, 5.74) is 4.88. The molecule has 6 heteroatoms. The van der Waals surface area contributed by atoms with Crippen molar-refractivity contribution >= 4 is 18.6 Å². The van der Waals surface area contributed by atoms with Gasteiger partial charge in [-0.05, 0) is 0 Å². The number of hydrogen-bond donors (Lipinski definition) is 3. The van der Waals surface area contributed by atoms with Crippen LogP contribution in [0.1, 0.15) is 0 Å². The van der Waals surface area contributed by atoms with E-state index in [1.807, 2.05) is 0 Å². The van der Waals surface area contributed by atoms with E-state index in [1.54, 1.807) is 0 Å². The molecule has 0 amide bonds. The first kappa shape index (κ1) is 15.9. The minimum atomic E-state index is -1.25. The average Bonchev–Trinajstić information content (AvgIpc) is 1.65. The Hall–Kier alpha value is -0.300. The Morgan fingerprint density at radius 1 is 1.78 bits per heavy atom. The normalized spacial score (nSPS) is 10.4. The molecule has 0 aliphatic carbocycles. The van der Waals surface area contributed by atoms with Gasteiger partial charge in [0, 0.05) is 5.75 Å². The molecule has 58 valence electrons. The summed E-state index contributed by atoms with van der Waals surface area (Å²) in [6.07, 6.45) is 0. The number of nitrogens with two attached hydrogens (primary N) is 1. The summed E-state index contributed by atoms with van der Waals surface area (Å²) in [6.45, 7) is 0. The molecular formula is C3H12N2O3S. The van der Waals surface area contributed by atoms with E-state index in [4.69, 9.17) is 5.73 Å². The number of thiol groups is 1. The lowest BCUT2D eigenvalue weighted by Gasteiger charge is -2.06. The summed E-state index contributed by atoms with van der Waals surface area (Å²) < 4.78 is 0. The van der Waals surface area contributed by atoms with Crippen molar-refractivity contribution in [3.63, 3.8) is 0 Å². The maximum Gasteiger partial charge on any atom is 0.0590 e. The van der Waals surface area contributed by atoms with Gasteiger partial charge >= 0.3 is 0 Å². The van der Waals surface area contributed by atoms with Gasteiger partial charge in [-0.25, -0.2) is 0 Å². The van der Waals surface area contributed by atoms with E-state index in [-0.39, 0.29) is 17.4 Å². The van der Waals surface area contributed by atoms with Crippen LogP contribution in [-0.4, -0.2) is 23.2 Å². The van der Waals surface area contributed by atoms with Crippen LogP contribution in [-0.2, 0) is 4.79 Å². The van der Waals surface area contributed by atoms with Crippen LogP contribution in [0.2, 0.25) is 0 Å². The predicted octanol–water partition coefficient (Wildman–Crippen LogP) is -2.46. The summed E-state index contributed by atoms with van der Waals surface area (Å²) in [6, 6.07) is -0.927. The summed E-state index contributed by atoms with van der Waals surface area (Å²) in [5, 5.41) is 9.65. The van der Waals surface area contributed by atoms with E-state index >= 15 is 0 Å². The largest absolute Gasteiger partial charge is 0.548 e.